The Morgan fingerprint density at radius 1 is 1.22 bits per heavy atom. The van der Waals surface area contributed by atoms with Gasteiger partial charge in [0.2, 0.25) is 0 Å². The number of aromatic nitrogens is 2. The van der Waals surface area contributed by atoms with Gasteiger partial charge < -0.3 is 10.4 Å². The molecule has 0 aliphatic rings. The first kappa shape index (κ1) is 15.2. The molecule has 0 saturated carbocycles. The molecular formula is C17H14ClN3O2. The number of pyridine rings is 2. The molecule has 3 rings (SSSR count). The zero-order valence-electron chi connectivity index (χ0n) is 12.2. The Kier molecular flexibility index (Phi) is 4.39. The number of anilines is 1. The Labute approximate surface area is 138 Å². The minimum Gasteiger partial charge on any atom is -0.481 e. The van der Waals surface area contributed by atoms with E-state index in [0.29, 0.717) is 10.8 Å². The maximum absolute atomic E-state index is 10.7. The summed E-state index contributed by atoms with van der Waals surface area (Å²) in [5, 5.41) is 14.1. The highest BCUT2D eigenvalue weighted by Crippen LogP contribution is 2.35. The second-order valence-electron chi connectivity index (χ2n) is 4.99. The Morgan fingerprint density at radius 2 is 2.00 bits per heavy atom. The number of aliphatic carboxylic acids is 1. The van der Waals surface area contributed by atoms with Crippen LogP contribution in [-0.2, 0) is 4.79 Å². The molecule has 23 heavy (non-hydrogen) atoms. The summed E-state index contributed by atoms with van der Waals surface area (Å²) in [6, 6.07) is 9.48. The molecule has 0 radical (unpaired) electrons. The molecule has 6 heteroatoms. The molecule has 0 atom stereocenters. The quantitative estimate of drug-likeness (QED) is 0.744. The maximum atomic E-state index is 10.7. The first-order valence-electron chi connectivity index (χ1n) is 7.10. The van der Waals surface area contributed by atoms with Gasteiger partial charge in [-0.05, 0) is 29.1 Å². The summed E-state index contributed by atoms with van der Waals surface area (Å²) in [7, 11) is 0. The van der Waals surface area contributed by atoms with Crippen molar-refractivity contribution in [3.8, 4) is 11.1 Å². The average molecular weight is 328 g/mol. The molecule has 0 aliphatic carbocycles. The Balaban J connectivity index is 2.09. The highest BCUT2D eigenvalue weighted by Gasteiger charge is 2.12. The minimum absolute atomic E-state index is 0.0136. The third-order valence-corrected chi connectivity index (χ3v) is 3.80. The van der Waals surface area contributed by atoms with E-state index in [1.807, 2.05) is 24.3 Å². The summed E-state index contributed by atoms with van der Waals surface area (Å²) >= 11 is 6.35. The fourth-order valence-electron chi connectivity index (χ4n) is 2.44. The van der Waals surface area contributed by atoms with Crippen LogP contribution in [0.2, 0.25) is 5.02 Å². The number of fused-ring (bicyclic) bond motifs is 1. The van der Waals surface area contributed by atoms with Gasteiger partial charge in [-0.2, -0.15) is 0 Å². The maximum Gasteiger partial charge on any atom is 0.305 e. The van der Waals surface area contributed by atoms with Gasteiger partial charge in [-0.3, -0.25) is 9.78 Å². The molecule has 116 valence electrons. The molecular weight excluding hydrogens is 314 g/mol. The first-order chi connectivity index (χ1) is 11.2. The largest absolute Gasteiger partial charge is 0.481 e. The van der Waals surface area contributed by atoms with E-state index in [4.69, 9.17) is 16.7 Å². The SMILES string of the molecule is O=C(O)CCNc1ncc(-c2ccncc2)c2cccc(Cl)c12. The second kappa shape index (κ2) is 6.62. The molecule has 0 amide bonds. The molecule has 1 aromatic carbocycles. The molecule has 0 unspecified atom stereocenters. The fourth-order valence-corrected chi connectivity index (χ4v) is 2.70. The molecule has 0 bridgehead atoms. The third kappa shape index (κ3) is 3.24. The van der Waals surface area contributed by atoms with Gasteiger partial charge in [-0.25, -0.2) is 4.98 Å². The lowest BCUT2D eigenvalue weighted by atomic mass is 10.0. The smallest absolute Gasteiger partial charge is 0.305 e. The van der Waals surface area contributed by atoms with Crippen molar-refractivity contribution < 1.29 is 9.90 Å². The van der Waals surface area contributed by atoms with Crippen molar-refractivity contribution in [1.82, 2.24) is 9.97 Å². The lowest BCUT2D eigenvalue weighted by molar-refractivity contribution is -0.136. The lowest BCUT2D eigenvalue weighted by Gasteiger charge is -2.13. The van der Waals surface area contributed by atoms with Gasteiger partial charge in [-0.1, -0.05) is 23.7 Å². The molecule has 0 spiro atoms. The first-order valence-corrected chi connectivity index (χ1v) is 7.48. The summed E-state index contributed by atoms with van der Waals surface area (Å²) in [4.78, 5) is 19.1. The Morgan fingerprint density at radius 3 is 2.74 bits per heavy atom. The number of nitrogens with one attached hydrogen (secondary N) is 1. The van der Waals surface area contributed by atoms with E-state index in [0.717, 1.165) is 21.9 Å². The van der Waals surface area contributed by atoms with E-state index in [-0.39, 0.29) is 13.0 Å². The van der Waals surface area contributed by atoms with Crippen LogP contribution in [0.1, 0.15) is 6.42 Å². The molecule has 0 aliphatic heterocycles. The van der Waals surface area contributed by atoms with Crippen molar-refractivity contribution in [2.75, 3.05) is 11.9 Å². The summed E-state index contributed by atoms with van der Waals surface area (Å²) in [6.07, 6.45) is 5.23. The summed E-state index contributed by atoms with van der Waals surface area (Å²) in [6.45, 7) is 0.289. The molecule has 2 heterocycles. The monoisotopic (exact) mass is 327 g/mol. The van der Waals surface area contributed by atoms with Crippen LogP contribution in [0.15, 0.2) is 48.9 Å². The van der Waals surface area contributed by atoms with Gasteiger partial charge in [0.05, 0.1) is 11.4 Å². The average Bonchev–Trinajstić information content (AvgIpc) is 2.55. The molecule has 0 fully saturated rings. The molecule has 0 saturated heterocycles. The highest BCUT2D eigenvalue weighted by molar-refractivity contribution is 6.37. The van der Waals surface area contributed by atoms with Gasteiger partial charge in [0, 0.05) is 36.1 Å². The highest BCUT2D eigenvalue weighted by atomic mass is 35.5. The summed E-state index contributed by atoms with van der Waals surface area (Å²) < 4.78 is 0. The zero-order valence-corrected chi connectivity index (χ0v) is 12.9. The van der Waals surface area contributed by atoms with Crippen molar-refractivity contribution in [2.24, 2.45) is 0 Å². The van der Waals surface area contributed by atoms with Crippen LogP contribution in [-0.4, -0.2) is 27.6 Å². The standard InChI is InChI=1S/C17H14ClN3O2/c18-14-3-1-2-12-13(11-4-7-19-8-5-11)10-21-17(16(12)14)20-9-6-15(22)23/h1-5,7-8,10H,6,9H2,(H,20,21)(H,22,23). The second-order valence-corrected chi connectivity index (χ2v) is 5.40. The predicted molar refractivity (Wildman–Crippen MR) is 90.7 cm³/mol. The predicted octanol–water partition coefficient (Wildman–Crippen LogP) is 3.84. The van der Waals surface area contributed by atoms with Crippen LogP contribution in [0.25, 0.3) is 21.9 Å². The number of carboxylic acid groups (broad SMARTS) is 1. The number of carboxylic acids is 1. The van der Waals surface area contributed by atoms with Crippen LogP contribution in [0.3, 0.4) is 0 Å². The van der Waals surface area contributed by atoms with E-state index in [9.17, 15) is 4.79 Å². The van der Waals surface area contributed by atoms with Crippen LogP contribution < -0.4 is 5.32 Å². The van der Waals surface area contributed by atoms with Crippen molar-refractivity contribution in [2.45, 2.75) is 6.42 Å². The molecule has 5 nitrogen and oxygen atoms in total. The van der Waals surface area contributed by atoms with E-state index in [2.05, 4.69) is 15.3 Å². The number of nitrogens with zero attached hydrogens (tertiary/aromatic N) is 2. The van der Waals surface area contributed by atoms with E-state index < -0.39 is 5.97 Å². The Bertz CT molecular complexity index is 853. The van der Waals surface area contributed by atoms with Crippen LogP contribution >= 0.6 is 11.6 Å². The number of carbonyl (C=O) groups is 1. The minimum atomic E-state index is -0.860. The Hall–Kier alpha value is -2.66. The van der Waals surface area contributed by atoms with E-state index in [1.54, 1.807) is 24.7 Å². The number of hydrogen-bond donors (Lipinski definition) is 2. The summed E-state index contributed by atoms with van der Waals surface area (Å²) in [5.74, 6) is -0.272. The summed E-state index contributed by atoms with van der Waals surface area (Å²) in [5.41, 5.74) is 1.95. The molecule has 3 aromatic rings. The molecule has 2 aromatic heterocycles. The van der Waals surface area contributed by atoms with Gasteiger partial charge in [0.25, 0.3) is 0 Å². The van der Waals surface area contributed by atoms with Crippen molar-refractivity contribution in [3.63, 3.8) is 0 Å². The zero-order chi connectivity index (χ0) is 16.2. The van der Waals surface area contributed by atoms with Crippen molar-refractivity contribution >= 4 is 34.2 Å². The van der Waals surface area contributed by atoms with Crippen molar-refractivity contribution in [3.05, 3.63) is 53.9 Å². The van der Waals surface area contributed by atoms with Gasteiger partial charge >= 0.3 is 5.97 Å². The number of benzene rings is 1. The normalized spacial score (nSPS) is 10.7. The third-order valence-electron chi connectivity index (χ3n) is 3.49. The van der Waals surface area contributed by atoms with E-state index >= 15 is 0 Å². The van der Waals surface area contributed by atoms with Crippen LogP contribution in [0, 0.1) is 0 Å². The number of rotatable bonds is 5. The van der Waals surface area contributed by atoms with Crippen LogP contribution in [0.5, 0.6) is 0 Å². The fraction of sp³-hybridized carbons (Fsp3) is 0.118. The topological polar surface area (TPSA) is 75.1 Å². The van der Waals surface area contributed by atoms with Crippen molar-refractivity contribution in [1.29, 1.82) is 0 Å². The molecule has 2 N–H and O–H groups in total. The number of halogens is 1. The number of hydrogen-bond acceptors (Lipinski definition) is 4. The van der Waals surface area contributed by atoms with Crippen LogP contribution in [0.4, 0.5) is 5.82 Å². The lowest BCUT2D eigenvalue weighted by Crippen LogP contribution is -2.09. The van der Waals surface area contributed by atoms with Gasteiger partial charge in [-0.15, -0.1) is 0 Å². The van der Waals surface area contributed by atoms with E-state index in [1.165, 1.54) is 0 Å². The van der Waals surface area contributed by atoms with Gasteiger partial charge in [0.15, 0.2) is 0 Å². The van der Waals surface area contributed by atoms with Gasteiger partial charge in [0.1, 0.15) is 5.82 Å².